The number of carbonyl (C=O) groups excluding carboxylic acids is 1. The molecule has 128 valence electrons. The molecule has 0 spiro atoms. The lowest BCUT2D eigenvalue weighted by Crippen LogP contribution is -2.22. The summed E-state index contributed by atoms with van der Waals surface area (Å²) >= 11 is 12.4. The van der Waals surface area contributed by atoms with Gasteiger partial charge in [0.05, 0.1) is 9.93 Å². The van der Waals surface area contributed by atoms with Gasteiger partial charge in [0.2, 0.25) is 0 Å². The van der Waals surface area contributed by atoms with Crippen LogP contribution in [0.15, 0.2) is 47.4 Å². The Morgan fingerprint density at radius 1 is 1.32 bits per heavy atom. The summed E-state index contributed by atoms with van der Waals surface area (Å²) in [6.07, 6.45) is 1.76. The van der Waals surface area contributed by atoms with Crippen molar-refractivity contribution in [3.05, 3.63) is 69.3 Å². The van der Waals surface area contributed by atoms with E-state index in [0.717, 1.165) is 5.56 Å². The van der Waals surface area contributed by atoms with Crippen molar-refractivity contribution in [3.63, 3.8) is 0 Å². The van der Waals surface area contributed by atoms with Gasteiger partial charge < -0.3 is 4.74 Å². The third kappa shape index (κ3) is 4.03. The van der Waals surface area contributed by atoms with E-state index in [4.69, 9.17) is 28.6 Å². The van der Waals surface area contributed by atoms with Crippen LogP contribution in [0.5, 0.6) is 5.75 Å². The van der Waals surface area contributed by atoms with Crippen molar-refractivity contribution in [1.82, 2.24) is 4.90 Å². The SMILES string of the molecule is CN1C(=O)/C(=C\c2cccc(OCc3c(F)cccc3Cl)c2)SC1=S. The number of thioether (sulfide) groups is 1. The number of thiocarbonyl (C=S) groups is 1. The van der Waals surface area contributed by atoms with Crippen LogP contribution in [0.25, 0.3) is 6.08 Å². The van der Waals surface area contributed by atoms with Crippen molar-refractivity contribution in [2.24, 2.45) is 0 Å². The van der Waals surface area contributed by atoms with Gasteiger partial charge >= 0.3 is 0 Å². The van der Waals surface area contributed by atoms with E-state index in [0.29, 0.717) is 25.6 Å². The predicted octanol–water partition coefficient (Wildman–Crippen LogP) is 4.89. The lowest BCUT2D eigenvalue weighted by molar-refractivity contribution is -0.121. The first-order valence-electron chi connectivity index (χ1n) is 7.33. The molecule has 1 aliphatic rings. The Morgan fingerprint density at radius 3 is 2.76 bits per heavy atom. The molecule has 3 rings (SSSR count). The Morgan fingerprint density at radius 2 is 2.08 bits per heavy atom. The molecule has 0 atom stereocenters. The van der Waals surface area contributed by atoms with Crippen LogP contribution in [-0.4, -0.2) is 22.2 Å². The Labute approximate surface area is 159 Å². The Hall–Kier alpha value is -1.89. The number of likely N-dealkylation sites (N-methyl/N-ethyl adjacent to an activating group) is 1. The van der Waals surface area contributed by atoms with Gasteiger partial charge in [0.25, 0.3) is 5.91 Å². The van der Waals surface area contributed by atoms with E-state index < -0.39 is 5.82 Å². The molecule has 0 saturated carbocycles. The highest BCUT2D eigenvalue weighted by atomic mass is 35.5. The Balaban J connectivity index is 1.76. The summed E-state index contributed by atoms with van der Waals surface area (Å²) in [5.74, 6) is 0.0229. The van der Waals surface area contributed by atoms with Gasteiger partial charge in [-0.15, -0.1) is 0 Å². The zero-order valence-electron chi connectivity index (χ0n) is 13.2. The minimum Gasteiger partial charge on any atom is -0.489 e. The summed E-state index contributed by atoms with van der Waals surface area (Å²) in [5, 5.41) is 0.322. The molecule has 0 radical (unpaired) electrons. The summed E-state index contributed by atoms with van der Waals surface area (Å²) in [5.41, 5.74) is 1.10. The summed E-state index contributed by atoms with van der Waals surface area (Å²) in [4.78, 5) is 14.0. The fraction of sp³-hybridized carbons (Fsp3) is 0.111. The molecular weight excluding hydrogens is 381 g/mol. The molecule has 2 aromatic carbocycles. The van der Waals surface area contributed by atoms with Crippen molar-refractivity contribution in [2.75, 3.05) is 7.05 Å². The summed E-state index contributed by atoms with van der Waals surface area (Å²) < 4.78 is 20.0. The average molecular weight is 394 g/mol. The number of nitrogens with zero attached hydrogens (tertiary/aromatic N) is 1. The molecule has 0 aromatic heterocycles. The molecule has 1 heterocycles. The van der Waals surface area contributed by atoms with Crippen LogP contribution in [0, 0.1) is 5.82 Å². The molecule has 1 amide bonds. The van der Waals surface area contributed by atoms with Gasteiger partial charge in [-0.1, -0.05) is 53.8 Å². The first-order valence-corrected chi connectivity index (χ1v) is 8.93. The lowest BCUT2D eigenvalue weighted by Gasteiger charge is -2.09. The predicted molar refractivity (Wildman–Crippen MR) is 103 cm³/mol. The number of halogens is 2. The zero-order chi connectivity index (χ0) is 18.0. The topological polar surface area (TPSA) is 29.5 Å². The molecule has 1 saturated heterocycles. The van der Waals surface area contributed by atoms with Crippen LogP contribution in [0.3, 0.4) is 0 Å². The van der Waals surface area contributed by atoms with Gasteiger partial charge in [0.15, 0.2) is 0 Å². The molecule has 0 N–H and O–H groups in total. The van der Waals surface area contributed by atoms with Gasteiger partial charge in [-0.25, -0.2) is 4.39 Å². The van der Waals surface area contributed by atoms with E-state index in [9.17, 15) is 9.18 Å². The number of hydrogen-bond acceptors (Lipinski definition) is 4. The second-order valence-electron chi connectivity index (χ2n) is 5.30. The minimum absolute atomic E-state index is 0.0199. The molecule has 0 aliphatic carbocycles. The molecule has 0 unspecified atom stereocenters. The van der Waals surface area contributed by atoms with Crippen molar-refractivity contribution in [2.45, 2.75) is 6.61 Å². The first kappa shape index (κ1) is 17.9. The molecule has 7 heteroatoms. The average Bonchev–Trinajstić information content (AvgIpc) is 2.82. The lowest BCUT2D eigenvalue weighted by atomic mass is 10.2. The van der Waals surface area contributed by atoms with Crippen LogP contribution < -0.4 is 4.74 Å². The fourth-order valence-electron chi connectivity index (χ4n) is 2.22. The maximum Gasteiger partial charge on any atom is 0.265 e. The van der Waals surface area contributed by atoms with E-state index in [-0.39, 0.29) is 12.5 Å². The van der Waals surface area contributed by atoms with Crippen molar-refractivity contribution in [1.29, 1.82) is 0 Å². The maximum absolute atomic E-state index is 13.8. The fourth-order valence-corrected chi connectivity index (χ4v) is 3.61. The number of rotatable bonds is 4. The highest BCUT2D eigenvalue weighted by Crippen LogP contribution is 2.32. The molecule has 1 aliphatic heterocycles. The van der Waals surface area contributed by atoms with Gasteiger partial charge in [-0.05, 0) is 35.9 Å². The molecule has 0 bridgehead atoms. The third-order valence-corrected chi connectivity index (χ3v) is 5.43. The smallest absolute Gasteiger partial charge is 0.265 e. The number of carbonyl (C=O) groups is 1. The van der Waals surface area contributed by atoms with Crippen LogP contribution >= 0.6 is 35.6 Å². The van der Waals surface area contributed by atoms with Gasteiger partial charge in [-0.3, -0.25) is 9.69 Å². The van der Waals surface area contributed by atoms with Crippen molar-refractivity contribution in [3.8, 4) is 5.75 Å². The maximum atomic E-state index is 13.8. The Kier molecular flexibility index (Phi) is 5.42. The molecule has 3 nitrogen and oxygen atoms in total. The van der Waals surface area contributed by atoms with Crippen molar-refractivity contribution < 1.29 is 13.9 Å². The molecule has 1 fully saturated rings. The van der Waals surface area contributed by atoms with Gasteiger partial charge in [0.1, 0.15) is 22.5 Å². The van der Waals surface area contributed by atoms with E-state index in [2.05, 4.69) is 0 Å². The quantitative estimate of drug-likeness (QED) is 0.546. The van der Waals surface area contributed by atoms with E-state index in [1.807, 2.05) is 6.07 Å². The van der Waals surface area contributed by atoms with Gasteiger partial charge in [-0.2, -0.15) is 0 Å². The van der Waals surface area contributed by atoms with E-state index >= 15 is 0 Å². The first-order chi connectivity index (χ1) is 12.0. The molecule has 2 aromatic rings. The highest BCUT2D eigenvalue weighted by Gasteiger charge is 2.28. The number of benzene rings is 2. The Bertz CT molecular complexity index is 865. The monoisotopic (exact) mass is 393 g/mol. The summed E-state index contributed by atoms with van der Waals surface area (Å²) in [6.45, 7) is 0.0199. The number of ether oxygens (including phenoxy) is 1. The molecular formula is C18H13ClFNO2S2. The van der Waals surface area contributed by atoms with E-state index in [1.165, 1.54) is 22.7 Å². The van der Waals surface area contributed by atoms with Crippen LogP contribution in [0.4, 0.5) is 4.39 Å². The second kappa shape index (κ2) is 7.56. The standard InChI is InChI=1S/C18H13ClFNO2S2/c1-21-17(22)16(25-18(21)24)9-11-4-2-5-12(8-11)23-10-13-14(19)6-3-7-15(13)20/h2-9H,10H2,1H3/b16-9+. The molecule has 25 heavy (non-hydrogen) atoms. The van der Waals surface area contributed by atoms with Gasteiger partial charge in [0, 0.05) is 12.6 Å². The van der Waals surface area contributed by atoms with Crippen LogP contribution in [-0.2, 0) is 11.4 Å². The van der Waals surface area contributed by atoms with E-state index in [1.54, 1.807) is 43.5 Å². The third-order valence-electron chi connectivity index (χ3n) is 3.59. The van der Waals surface area contributed by atoms with Crippen molar-refractivity contribution >= 4 is 51.9 Å². The summed E-state index contributed by atoms with van der Waals surface area (Å²) in [7, 11) is 1.65. The zero-order valence-corrected chi connectivity index (χ0v) is 15.6. The van der Waals surface area contributed by atoms with Crippen LogP contribution in [0.2, 0.25) is 5.02 Å². The largest absolute Gasteiger partial charge is 0.489 e. The number of hydrogen-bond donors (Lipinski definition) is 0. The normalized spacial score (nSPS) is 16.0. The number of amides is 1. The van der Waals surface area contributed by atoms with Crippen LogP contribution in [0.1, 0.15) is 11.1 Å². The summed E-state index contributed by atoms with van der Waals surface area (Å²) in [6, 6.07) is 11.7. The highest BCUT2D eigenvalue weighted by molar-refractivity contribution is 8.26. The minimum atomic E-state index is -0.407. The second-order valence-corrected chi connectivity index (χ2v) is 7.39.